The maximum Gasteiger partial charge on any atom is 0.328 e. The molecule has 2 unspecified atom stereocenters. The first-order valence-electron chi connectivity index (χ1n) is 6.44. The number of benzene rings is 1. The molecule has 1 aliphatic heterocycles. The van der Waals surface area contributed by atoms with Crippen molar-refractivity contribution < 1.29 is 9.90 Å². The molecule has 3 nitrogen and oxygen atoms in total. The van der Waals surface area contributed by atoms with E-state index >= 15 is 0 Å². The summed E-state index contributed by atoms with van der Waals surface area (Å²) in [6, 6.07) is 6.30. The molecule has 0 aliphatic carbocycles. The lowest BCUT2D eigenvalue weighted by atomic mass is 10.1. The number of rotatable bonds is 3. The number of aliphatic carboxylic acids is 1. The van der Waals surface area contributed by atoms with Crippen LogP contribution in [0.4, 0.5) is 5.69 Å². The van der Waals surface area contributed by atoms with Crippen molar-refractivity contribution >= 4 is 29.3 Å². The van der Waals surface area contributed by atoms with E-state index in [2.05, 4.69) is 18.7 Å². The summed E-state index contributed by atoms with van der Waals surface area (Å²) in [4.78, 5) is 12.8. The van der Waals surface area contributed by atoms with E-state index in [0.717, 1.165) is 23.9 Å². The van der Waals surface area contributed by atoms with E-state index in [0.29, 0.717) is 17.0 Å². The summed E-state index contributed by atoms with van der Waals surface area (Å²) >= 11 is 6.20. The topological polar surface area (TPSA) is 40.5 Å². The van der Waals surface area contributed by atoms with Gasteiger partial charge in [0.25, 0.3) is 0 Å². The monoisotopic (exact) mass is 279 g/mol. The third-order valence-corrected chi connectivity index (χ3v) is 3.83. The molecular formula is C15H18ClNO2. The number of carboxylic acid groups (broad SMARTS) is 1. The van der Waals surface area contributed by atoms with Gasteiger partial charge in [0.15, 0.2) is 0 Å². The largest absolute Gasteiger partial charge is 0.478 e. The van der Waals surface area contributed by atoms with E-state index in [1.165, 1.54) is 12.5 Å². The number of carbonyl (C=O) groups is 1. The van der Waals surface area contributed by atoms with Crippen LogP contribution >= 0.6 is 11.6 Å². The number of nitrogens with zero attached hydrogens (tertiary/aromatic N) is 1. The minimum Gasteiger partial charge on any atom is -0.478 e. The summed E-state index contributed by atoms with van der Waals surface area (Å²) in [6.45, 7) is 5.51. The number of hydrogen-bond acceptors (Lipinski definition) is 2. The molecule has 1 heterocycles. The van der Waals surface area contributed by atoms with E-state index in [1.807, 2.05) is 18.2 Å². The fourth-order valence-corrected chi connectivity index (χ4v) is 2.89. The fraction of sp³-hybridized carbons (Fsp3) is 0.400. The van der Waals surface area contributed by atoms with E-state index in [-0.39, 0.29) is 0 Å². The Morgan fingerprint density at radius 3 is 2.74 bits per heavy atom. The van der Waals surface area contributed by atoms with Crippen molar-refractivity contribution in [1.29, 1.82) is 0 Å². The third kappa shape index (κ3) is 3.29. The van der Waals surface area contributed by atoms with Crippen LogP contribution in [0.1, 0.15) is 25.8 Å². The van der Waals surface area contributed by atoms with Crippen LogP contribution in [0.3, 0.4) is 0 Å². The molecule has 1 saturated heterocycles. The molecule has 0 bridgehead atoms. The lowest BCUT2D eigenvalue weighted by Crippen LogP contribution is -2.26. The van der Waals surface area contributed by atoms with Crippen LogP contribution in [-0.2, 0) is 4.79 Å². The van der Waals surface area contributed by atoms with Crippen LogP contribution in [0, 0.1) is 5.92 Å². The lowest BCUT2D eigenvalue weighted by Gasteiger charge is -2.24. The van der Waals surface area contributed by atoms with Crippen LogP contribution in [0.25, 0.3) is 6.08 Å². The molecular weight excluding hydrogens is 262 g/mol. The molecule has 0 spiro atoms. The van der Waals surface area contributed by atoms with Crippen molar-refractivity contribution in [2.75, 3.05) is 11.4 Å². The van der Waals surface area contributed by atoms with Gasteiger partial charge >= 0.3 is 5.97 Å². The smallest absolute Gasteiger partial charge is 0.328 e. The van der Waals surface area contributed by atoms with Gasteiger partial charge in [-0.05, 0) is 43.0 Å². The third-order valence-electron chi connectivity index (χ3n) is 3.51. The first kappa shape index (κ1) is 13.9. The molecule has 1 aromatic rings. The van der Waals surface area contributed by atoms with Crippen molar-refractivity contribution in [2.45, 2.75) is 26.3 Å². The summed E-state index contributed by atoms with van der Waals surface area (Å²) < 4.78 is 0. The van der Waals surface area contributed by atoms with Crippen LogP contribution in [-0.4, -0.2) is 23.7 Å². The Bertz CT molecular complexity index is 513. The van der Waals surface area contributed by atoms with Crippen LogP contribution in [0.5, 0.6) is 0 Å². The highest BCUT2D eigenvalue weighted by Gasteiger charge is 2.26. The molecule has 102 valence electrons. The van der Waals surface area contributed by atoms with Gasteiger partial charge in [-0.25, -0.2) is 4.79 Å². The standard InChI is InChI=1S/C15H18ClNO2/c1-10-7-11(2)17(9-10)13-5-3-12(14(16)8-13)4-6-15(18)19/h3-6,8,10-11H,7,9H2,1-2H3,(H,18,19)/b6-4+. The van der Waals surface area contributed by atoms with Crippen molar-refractivity contribution in [3.63, 3.8) is 0 Å². The van der Waals surface area contributed by atoms with Crippen LogP contribution in [0.15, 0.2) is 24.3 Å². The normalized spacial score (nSPS) is 23.2. The quantitative estimate of drug-likeness (QED) is 0.858. The highest BCUT2D eigenvalue weighted by Crippen LogP contribution is 2.31. The van der Waals surface area contributed by atoms with Gasteiger partial charge in [0.2, 0.25) is 0 Å². The summed E-state index contributed by atoms with van der Waals surface area (Å²) in [5, 5.41) is 9.20. The average Bonchev–Trinajstić information content (AvgIpc) is 2.66. The summed E-state index contributed by atoms with van der Waals surface area (Å²) in [5.74, 6) is -0.275. The van der Waals surface area contributed by atoms with Crippen molar-refractivity contribution in [1.82, 2.24) is 0 Å². The molecule has 4 heteroatoms. The van der Waals surface area contributed by atoms with Crippen molar-refractivity contribution in [3.05, 3.63) is 34.9 Å². The fourth-order valence-electron chi connectivity index (χ4n) is 2.65. The molecule has 2 atom stereocenters. The molecule has 1 fully saturated rings. The highest BCUT2D eigenvalue weighted by atomic mass is 35.5. The maximum atomic E-state index is 10.5. The molecule has 0 saturated carbocycles. The molecule has 0 aromatic heterocycles. The SMILES string of the molecule is CC1CC(C)N(c2ccc(/C=C/C(=O)O)c(Cl)c2)C1. The number of anilines is 1. The molecule has 1 aliphatic rings. The number of carboxylic acids is 1. The van der Waals surface area contributed by atoms with E-state index in [4.69, 9.17) is 16.7 Å². The lowest BCUT2D eigenvalue weighted by molar-refractivity contribution is -0.131. The summed E-state index contributed by atoms with van der Waals surface area (Å²) in [5.41, 5.74) is 1.84. The molecule has 2 rings (SSSR count). The molecule has 19 heavy (non-hydrogen) atoms. The summed E-state index contributed by atoms with van der Waals surface area (Å²) in [6.07, 6.45) is 3.81. The van der Waals surface area contributed by atoms with Gasteiger partial charge in [-0.3, -0.25) is 0 Å². The Hall–Kier alpha value is -1.48. The zero-order valence-electron chi connectivity index (χ0n) is 11.1. The first-order chi connectivity index (χ1) is 8.97. The van der Waals surface area contributed by atoms with Crippen molar-refractivity contribution in [3.8, 4) is 0 Å². The van der Waals surface area contributed by atoms with Gasteiger partial charge in [-0.1, -0.05) is 24.6 Å². The van der Waals surface area contributed by atoms with Crippen LogP contribution in [0.2, 0.25) is 5.02 Å². The van der Waals surface area contributed by atoms with Gasteiger partial charge < -0.3 is 10.0 Å². The van der Waals surface area contributed by atoms with Gasteiger partial charge in [-0.15, -0.1) is 0 Å². The average molecular weight is 280 g/mol. The second kappa shape index (κ2) is 5.66. The van der Waals surface area contributed by atoms with Gasteiger partial charge in [-0.2, -0.15) is 0 Å². The van der Waals surface area contributed by atoms with E-state index in [1.54, 1.807) is 0 Å². The number of halogens is 1. The predicted molar refractivity (Wildman–Crippen MR) is 78.7 cm³/mol. The zero-order valence-corrected chi connectivity index (χ0v) is 11.9. The predicted octanol–water partition coefficient (Wildman–Crippen LogP) is 3.67. The van der Waals surface area contributed by atoms with Gasteiger partial charge in [0.05, 0.1) is 0 Å². The molecule has 0 amide bonds. The Morgan fingerprint density at radius 1 is 1.47 bits per heavy atom. The summed E-state index contributed by atoms with van der Waals surface area (Å²) in [7, 11) is 0. The Balaban J connectivity index is 2.21. The number of hydrogen-bond donors (Lipinski definition) is 1. The maximum absolute atomic E-state index is 10.5. The van der Waals surface area contributed by atoms with E-state index < -0.39 is 5.97 Å². The highest BCUT2D eigenvalue weighted by molar-refractivity contribution is 6.32. The Labute approximate surface area is 118 Å². The van der Waals surface area contributed by atoms with Gasteiger partial charge in [0, 0.05) is 29.4 Å². The Kier molecular flexibility index (Phi) is 4.15. The molecule has 0 radical (unpaired) electrons. The minimum absolute atomic E-state index is 0.520. The van der Waals surface area contributed by atoms with E-state index in [9.17, 15) is 4.79 Å². The molecule has 1 N–H and O–H groups in total. The first-order valence-corrected chi connectivity index (χ1v) is 6.82. The minimum atomic E-state index is -0.970. The zero-order chi connectivity index (χ0) is 14.0. The second-order valence-electron chi connectivity index (χ2n) is 5.22. The van der Waals surface area contributed by atoms with Gasteiger partial charge in [0.1, 0.15) is 0 Å². The second-order valence-corrected chi connectivity index (χ2v) is 5.63. The van der Waals surface area contributed by atoms with Crippen molar-refractivity contribution in [2.24, 2.45) is 5.92 Å². The van der Waals surface area contributed by atoms with Crippen LogP contribution < -0.4 is 4.90 Å². The molecule has 1 aromatic carbocycles. The Morgan fingerprint density at radius 2 is 2.21 bits per heavy atom.